The van der Waals surface area contributed by atoms with Crippen molar-refractivity contribution in [3.05, 3.63) is 46.8 Å². The molecular formula is C9H9ClO2S. The Morgan fingerprint density at radius 1 is 1.31 bits per heavy atom. The lowest BCUT2D eigenvalue weighted by Gasteiger charge is -1.98. The summed E-state index contributed by atoms with van der Waals surface area (Å²) in [7, 11) is -3.16. The quantitative estimate of drug-likeness (QED) is 0.778. The molecule has 13 heavy (non-hydrogen) atoms. The minimum absolute atomic E-state index is 0.0202. The first kappa shape index (κ1) is 10.3. The third kappa shape index (κ3) is 3.20. The maximum atomic E-state index is 11.1. The number of hydrogen-bond donors (Lipinski definition) is 0. The molecule has 70 valence electrons. The third-order valence-electron chi connectivity index (χ3n) is 1.54. The van der Waals surface area contributed by atoms with Crippen LogP contribution in [0.25, 0.3) is 0 Å². The van der Waals surface area contributed by atoms with Crippen LogP contribution in [0.5, 0.6) is 0 Å². The zero-order valence-electron chi connectivity index (χ0n) is 6.90. The van der Waals surface area contributed by atoms with Gasteiger partial charge in [-0.3, -0.25) is 0 Å². The van der Waals surface area contributed by atoms with Crippen LogP contribution in [0, 0.1) is 0 Å². The molecule has 0 saturated heterocycles. The third-order valence-corrected chi connectivity index (χ3v) is 3.03. The fraction of sp³-hybridized carbons (Fsp3) is 0.111. The molecule has 0 atom stereocenters. The standard InChI is InChI=1S/C9H9ClO2S/c1-2-13(11,12)7-8-3-5-9(10)6-4-8/h2-6H,1,7H2. The molecule has 0 N–H and O–H groups in total. The summed E-state index contributed by atoms with van der Waals surface area (Å²) in [4.78, 5) is 0. The van der Waals surface area contributed by atoms with Crippen molar-refractivity contribution in [2.75, 3.05) is 0 Å². The second-order valence-corrected chi connectivity index (χ2v) is 4.98. The van der Waals surface area contributed by atoms with Crippen molar-refractivity contribution in [1.82, 2.24) is 0 Å². The molecule has 0 unspecified atom stereocenters. The molecular weight excluding hydrogens is 208 g/mol. The summed E-state index contributed by atoms with van der Waals surface area (Å²) < 4.78 is 22.2. The van der Waals surface area contributed by atoms with Gasteiger partial charge in [-0.25, -0.2) is 8.42 Å². The highest BCUT2D eigenvalue weighted by Crippen LogP contribution is 2.12. The van der Waals surface area contributed by atoms with Gasteiger partial charge in [0.2, 0.25) is 0 Å². The van der Waals surface area contributed by atoms with Crippen molar-refractivity contribution in [1.29, 1.82) is 0 Å². The minimum Gasteiger partial charge on any atom is -0.224 e. The van der Waals surface area contributed by atoms with Crippen molar-refractivity contribution < 1.29 is 8.42 Å². The van der Waals surface area contributed by atoms with Gasteiger partial charge in [0.15, 0.2) is 9.84 Å². The normalized spacial score (nSPS) is 11.2. The predicted octanol–water partition coefficient (Wildman–Crippen LogP) is 2.40. The molecule has 4 heteroatoms. The van der Waals surface area contributed by atoms with E-state index in [1.54, 1.807) is 24.3 Å². The van der Waals surface area contributed by atoms with Crippen LogP contribution in [-0.4, -0.2) is 8.42 Å². The van der Waals surface area contributed by atoms with Gasteiger partial charge in [0, 0.05) is 10.4 Å². The van der Waals surface area contributed by atoms with Gasteiger partial charge < -0.3 is 0 Å². The van der Waals surface area contributed by atoms with E-state index in [9.17, 15) is 8.42 Å². The molecule has 0 aliphatic rings. The maximum absolute atomic E-state index is 11.1. The van der Waals surface area contributed by atoms with Crippen LogP contribution < -0.4 is 0 Å². The second-order valence-electron chi connectivity index (χ2n) is 2.60. The fourth-order valence-electron chi connectivity index (χ4n) is 0.872. The van der Waals surface area contributed by atoms with Gasteiger partial charge in [0.25, 0.3) is 0 Å². The lowest BCUT2D eigenvalue weighted by atomic mass is 10.2. The minimum atomic E-state index is -3.16. The Morgan fingerprint density at radius 2 is 1.85 bits per heavy atom. The van der Waals surface area contributed by atoms with Crippen molar-refractivity contribution in [3.8, 4) is 0 Å². The molecule has 0 aliphatic carbocycles. The van der Waals surface area contributed by atoms with Crippen molar-refractivity contribution >= 4 is 21.4 Å². The first-order valence-corrected chi connectivity index (χ1v) is 5.72. The molecule has 0 saturated carbocycles. The van der Waals surface area contributed by atoms with Crippen molar-refractivity contribution in [2.45, 2.75) is 5.75 Å². The van der Waals surface area contributed by atoms with Crippen LogP contribution in [-0.2, 0) is 15.6 Å². The Bertz CT molecular complexity index is 392. The Kier molecular flexibility index (Phi) is 3.12. The second kappa shape index (κ2) is 3.94. The molecule has 1 aromatic carbocycles. The largest absolute Gasteiger partial charge is 0.224 e. The summed E-state index contributed by atoms with van der Waals surface area (Å²) in [5.74, 6) is -0.0202. The number of rotatable bonds is 3. The molecule has 0 fully saturated rings. The Morgan fingerprint density at radius 3 is 2.31 bits per heavy atom. The summed E-state index contributed by atoms with van der Waals surface area (Å²) in [5, 5.41) is 1.56. The lowest BCUT2D eigenvalue weighted by Crippen LogP contribution is -1.98. The smallest absolute Gasteiger partial charge is 0.175 e. The van der Waals surface area contributed by atoms with Gasteiger partial charge in [-0.2, -0.15) is 0 Å². The molecule has 0 aromatic heterocycles. The lowest BCUT2D eigenvalue weighted by molar-refractivity contribution is 0.604. The topological polar surface area (TPSA) is 34.1 Å². The summed E-state index contributed by atoms with van der Waals surface area (Å²) >= 11 is 5.65. The van der Waals surface area contributed by atoms with Crippen LogP contribution in [0.1, 0.15) is 5.56 Å². The number of benzene rings is 1. The Hall–Kier alpha value is -0.800. The van der Waals surface area contributed by atoms with E-state index in [0.717, 1.165) is 5.41 Å². The molecule has 1 rings (SSSR count). The highest BCUT2D eigenvalue weighted by atomic mass is 35.5. The molecule has 0 bridgehead atoms. The molecule has 0 spiro atoms. The molecule has 1 aromatic rings. The average molecular weight is 217 g/mol. The molecule has 2 nitrogen and oxygen atoms in total. The SMILES string of the molecule is C=CS(=O)(=O)Cc1ccc(Cl)cc1. The Balaban J connectivity index is 2.88. The summed E-state index contributed by atoms with van der Waals surface area (Å²) in [6.45, 7) is 3.23. The number of sulfone groups is 1. The fourth-order valence-corrected chi connectivity index (χ4v) is 1.77. The Labute approximate surface area is 82.8 Å². The average Bonchev–Trinajstić information content (AvgIpc) is 2.09. The van der Waals surface area contributed by atoms with E-state index >= 15 is 0 Å². The van der Waals surface area contributed by atoms with Crippen molar-refractivity contribution in [3.63, 3.8) is 0 Å². The van der Waals surface area contributed by atoms with Gasteiger partial charge in [-0.1, -0.05) is 30.3 Å². The first-order valence-electron chi connectivity index (χ1n) is 3.63. The van der Waals surface area contributed by atoms with Gasteiger partial charge in [-0.05, 0) is 17.7 Å². The highest BCUT2D eigenvalue weighted by Gasteiger charge is 2.05. The molecule has 0 amide bonds. The van der Waals surface area contributed by atoms with E-state index < -0.39 is 9.84 Å². The summed E-state index contributed by atoms with van der Waals surface area (Å²) in [6.07, 6.45) is 0. The van der Waals surface area contributed by atoms with E-state index in [2.05, 4.69) is 6.58 Å². The molecule has 0 aliphatic heterocycles. The zero-order chi connectivity index (χ0) is 9.90. The van der Waals surface area contributed by atoms with Gasteiger partial charge in [-0.15, -0.1) is 0 Å². The van der Waals surface area contributed by atoms with E-state index in [4.69, 9.17) is 11.6 Å². The van der Waals surface area contributed by atoms with Crippen LogP contribution in [0.2, 0.25) is 5.02 Å². The maximum Gasteiger partial charge on any atom is 0.175 e. The van der Waals surface area contributed by atoms with Crippen LogP contribution in [0.3, 0.4) is 0 Å². The predicted molar refractivity (Wildman–Crippen MR) is 54.3 cm³/mol. The van der Waals surface area contributed by atoms with Gasteiger partial charge >= 0.3 is 0 Å². The highest BCUT2D eigenvalue weighted by molar-refractivity contribution is 7.93. The van der Waals surface area contributed by atoms with Gasteiger partial charge in [0.1, 0.15) is 0 Å². The van der Waals surface area contributed by atoms with Gasteiger partial charge in [0.05, 0.1) is 5.75 Å². The zero-order valence-corrected chi connectivity index (χ0v) is 8.48. The first-order chi connectivity index (χ1) is 6.03. The monoisotopic (exact) mass is 216 g/mol. The summed E-state index contributed by atoms with van der Waals surface area (Å²) in [5.41, 5.74) is 0.712. The van der Waals surface area contributed by atoms with Crippen molar-refractivity contribution in [2.24, 2.45) is 0 Å². The van der Waals surface area contributed by atoms with E-state index in [-0.39, 0.29) is 5.75 Å². The number of halogens is 1. The number of hydrogen-bond acceptors (Lipinski definition) is 2. The van der Waals surface area contributed by atoms with E-state index in [1.165, 1.54) is 0 Å². The van der Waals surface area contributed by atoms with Crippen LogP contribution in [0.15, 0.2) is 36.3 Å². The van der Waals surface area contributed by atoms with Crippen LogP contribution in [0.4, 0.5) is 0 Å². The van der Waals surface area contributed by atoms with E-state index in [0.29, 0.717) is 10.6 Å². The molecule has 0 heterocycles. The molecule has 0 radical (unpaired) electrons. The van der Waals surface area contributed by atoms with E-state index in [1.807, 2.05) is 0 Å². The summed E-state index contributed by atoms with van der Waals surface area (Å²) in [6, 6.07) is 6.69. The van der Waals surface area contributed by atoms with Crippen LogP contribution >= 0.6 is 11.6 Å².